The van der Waals surface area contributed by atoms with Gasteiger partial charge in [0, 0.05) is 21.3 Å². The lowest BCUT2D eigenvalue weighted by molar-refractivity contribution is -0.127. The number of nitrogens with zero attached hydrogens (tertiary/aromatic N) is 1. The average molecular weight is 715 g/mol. The molecule has 42 heavy (non-hydrogen) atoms. The molecule has 14 heteroatoms. The standard InChI is InChI=1S/C28H20BrCl3N2O7S/c1-39-22-8-14(7-19(29)25(22)41-13-15-3-4-16(30)10-21(15)32)9-23-26(36)34(28(38)42-23)12-24(35)33-17-5-6-20(31)18(11-17)27(37)40-2/h3-11H,12-13H2,1-2H3,(H,33,35)/b23-9+. The molecule has 4 rings (SSSR count). The third-order valence-electron chi connectivity index (χ3n) is 5.77. The molecule has 1 heterocycles. The predicted octanol–water partition coefficient (Wildman–Crippen LogP) is 7.46. The lowest BCUT2D eigenvalue weighted by atomic mass is 10.1. The van der Waals surface area contributed by atoms with Gasteiger partial charge in [0.05, 0.1) is 34.2 Å². The summed E-state index contributed by atoms with van der Waals surface area (Å²) in [6.07, 6.45) is 1.51. The largest absolute Gasteiger partial charge is 0.493 e. The van der Waals surface area contributed by atoms with Crippen molar-refractivity contribution >= 4 is 97.3 Å². The van der Waals surface area contributed by atoms with E-state index in [0.29, 0.717) is 43.3 Å². The van der Waals surface area contributed by atoms with Crippen molar-refractivity contribution in [3.8, 4) is 11.5 Å². The van der Waals surface area contributed by atoms with Crippen LogP contribution >= 0.6 is 62.5 Å². The topological polar surface area (TPSA) is 111 Å². The molecule has 218 valence electrons. The van der Waals surface area contributed by atoms with Gasteiger partial charge in [-0.2, -0.15) is 0 Å². The molecule has 3 aromatic rings. The van der Waals surface area contributed by atoms with Crippen molar-refractivity contribution < 1.29 is 33.4 Å². The Bertz CT molecular complexity index is 1630. The third kappa shape index (κ3) is 7.40. The van der Waals surface area contributed by atoms with Gasteiger partial charge in [-0.25, -0.2) is 4.79 Å². The SMILES string of the molecule is COC(=O)c1cc(NC(=O)CN2C(=O)S/C(=C/c3cc(Br)c(OCc4ccc(Cl)cc4Cl)c(OC)c3)C2=O)ccc1Cl. The number of carbonyl (C=O) groups excluding carboxylic acids is 4. The van der Waals surface area contributed by atoms with E-state index in [-0.39, 0.29) is 27.8 Å². The minimum Gasteiger partial charge on any atom is -0.493 e. The van der Waals surface area contributed by atoms with Crippen molar-refractivity contribution in [2.24, 2.45) is 0 Å². The molecule has 3 aromatic carbocycles. The van der Waals surface area contributed by atoms with Gasteiger partial charge < -0.3 is 19.5 Å². The van der Waals surface area contributed by atoms with Gasteiger partial charge in [-0.15, -0.1) is 0 Å². The minimum absolute atomic E-state index is 0.0536. The van der Waals surface area contributed by atoms with E-state index in [1.165, 1.54) is 38.5 Å². The molecule has 1 fully saturated rings. The highest BCUT2D eigenvalue weighted by atomic mass is 79.9. The molecule has 1 aliphatic rings. The zero-order valence-corrected chi connectivity index (χ0v) is 26.5. The summed E-state index contributed by atoms with van der Waals surface area (Å²) in [6.45, 7) is -0.392. The summed E-state index contributed by atoms with van der Waals surface area (Å²) < 4.78 is 16.6. The maximum atomic E-state index is 13.0. The van der Waals surface area contributed by atoms with E-state index >= 15 is 0 Å². The van der Waals surface area contributed by atoms with E-state index < -0.39 is 29.6 Å². The number of hydrogen-bond donors (Lipinski definition) is 1. The smallest absolute Gasteiger partial charge is 0.339 e. The molecular formula is C28H20BrCl3N2O7S. The number of rotatable bonds is 9. The molecule has 3 amide bonds. The summed E-state index contributed by atoms with van der Waals surface area (Å²) in [6, 6.07) is 12.6. The summed E-state index contributed by atoms with van der Waals surface area (Å²) in [5.41, 5.74) is 1.56. The Morgan fingerprint density at radius 2 is 1.79 bits per heavy atom. The van der Waals surface area contributed by atoms with Crippen molar-refractivity contribution in [1.82, 2.24) is 4.90 Å². The second kappa shape index (κ2) is 13.8. The highest BCUT2D eigenvalue weighted by Gasteiger charge is 2.36. The monoisotopic (exact) mass is 712 g/mol. The van der Waals surface area contributed by atoms with Gasteiger partial charge in [0.15, 0.2) is 11.5 Å². The number of methoxy groups -OCH3 is 2. The van der Waals surface area contributed by atoms with Crippen molar-refractivity contribution in [2.75, 3.05) is 26.1 Å². The first-order valence-electron chi connectivity index (χ1n) is 11.9. The second-order valence-corrected chi connectivity index (χ2v) is 11.7. The Labute approximate surface area is 268 Å². The van der Waals surface area contributed by atoms with Gasteiger partial charge >= 0.3 is 5.97 Å². The molecule has 0 radical (unpaired) electrons. The molecule has 0 saturated carbocycles. The zero-order valence-electron chi connectivity index (χ0n) is 21.8. The zero-order chi connectivity index (χ0) is 30.6. The Kier molecular flexibility index (Phi) is 10.4. The molecule has 1 N–H and O–H groups in total. The first-order chi connectivity index (χ1) is 20.0. The van der Waals surface area contributed by atoms with Crippen molar-refractivity contribution in [2.45, 2.75) is 6.61 Å². The molecule has 0 bridgehead atoms. The number of imide groups is 1. The van der Waals surface area contributed by atoms with Crippen molar-refractivity contribution in [3.63, 3.8) is 0 Å². The molecule has 0 atom stereocenters. The molecule has 0 unspecified atom stereocenters. The second-order valence-electron chi connectivity index (χ2n) is 8.56. The number of nitrogens with one attached hydrogen (secondary N) is 1. The van der Waals surface area contributed by atoms with Crippen LogP contribution in [-0.4, -0.2) is 48.7 Å². The van der Waals surface area contributed by atoms with Crippen LogP contribution in [0, 0.1) is 0 Å². The maximum absolute atomic E-state index is 13.0. The fraction of sp³-hybridized carbons (Fsp3) is 0.143. The van der Waals surface area contributed by atoms with Crippen LogP contribution in [0.1, 0.15) is 21.5 Å². The predicted molar refractivity (Wildman–Crippen MR) is 166 cm³/mol. The quantitative estimate of drug-likeness (QED) is 0.180. The highest BCUT2D eigenvalue weighted by Crippen LogP contribution is 2.40. The van der Waals surface area contributed by atoms with Crippen LogP contribution in [-0.2, 0) is 20.9 Å². The fourth-order valence-electron chi connectivity index (χ4n) is 3.75. The summed E-state index contributed by atoms with van der Waals surface area (Å²) in [7, 11) is 2.67. The molecule has 1 saturated heterocycles. The number of anilines is 1. The number of amides is 3. The number of thioether (sulfide) groups is 1. The van der Waals surface area contributed by atoms with E-state index in [1.54, 1.807) is 30.3 Å². The van der Waals surface area contributed by atoms with Gasteiger partial charge in [0.25, 0.3) is 11.1 Å². The Morgan fingerprint density at radius 3 is 2.48 bits per heavy atom. The summed E-state index contributed by atoms with van der Waals surface area (Å²) >= 11 is 22.4. The lowest BCUT2D eigenvalue weighted by Gasteiger charge is -2.14. The maximum Gasteiger partial charge on any atom is 0.339 e. The van der Waals surface area contributed by atoms with Crippen LogP contribution in [0.3, 0.4) is 0 Å². The number of hydrogen-bond acceptors (Lipinski definition) is 8. The normalized spacial score (nSPS) is 13.9. The number of esters is 1. The van der Waals surface area contributed by atoms with Crippen molar-refractivity contribution in [1.29, 1.82) is 0 Å². The Morgan fingerprint density at radius 1 is 1.02 bits per heavy atom. The van der Waals surface area contributed by atoms with Gasteiger partial charge in [-0.1, -0.05) is 40.9 Å². The van der Waals surface area contributed by atoms with Gasteiger partial charge in [-0.3, -0.25) is 19.3 Å². The van der Waals surface area contributed by atoms with Crippen molar-refractivity contribution in [3.05, 3.63) is 89.7 Å². The van der Waals surface area contributed by atoms with E-state index in [0.717, 1.165) is 10.5 Å². The van der Waals surface area contributed by atoms with Crippen LogP contribution < -0.4 is 14.8 Å². The number of ether oxygens (including phenoxy) is 3. The third-order valence-corrected chi connectivity index (χ3v) is 8.18. The molecule has 1 aliphatic heterocycles. The Balaban J connectivity index is 1.46. The lowest BCUT2D eigenvalue weighted by Crippen LogP contribution is -2.36. The van der Waals surface area contributed by atoms with Crippen LogP contribution in [0.15, 0.2) is 57.9 Å². The van der Waals surface area contributed by atoms with Gasteiger partial charge in [-0.05, 0) is 81.8 Å². The van der Waals surface area contributed by atoms with E-state index in [2.05, 4.69) is 26.0 Å². The van der Waals surface area contributed by atoms with E-state index in [1.807, 2.05) is 0 Å². The van der Waals surface area contributed by atoms with Crippen LogP contribution in [0.25, 0.3) is 6.08 Å². The first-order valence-corrected chi connectivity index (χ1v) is 14.6. The highest BCUT2D eigenvalue weighted by molar-refractivity contribution is 9.10. The fourth-order valence-corrected chi connectivity index (χ4v) is 5.82. The number of carbonyl (C=O) groups is 4. The van der Waals surface area contributed by atoms with E-state index in [9.17, 15) is 19.2 Å². The number of benzene rings is 3. The minimum atomic E-state index is -0.680. The van der Waals surface area contributed by atoms with Crippen LogP contribution in [0.2, 0.25) is 15.1 Å². The average Bonchev–Trinajstić information content (AvgIpc) is 3.20. The molecule has 9 nitrogen and oxygen atoms in total. The molecule has 0 aromatic heterocycles. The summed E-state index contributed by atoms with van der Waals surface area (Å²) in [4.78, 5) is 51.1. The van der Waals surface area contributed by atoms with Crippen LogP contribution in [0.5, 0.6) is 11.5 Å². The molecule has 0 spiro atoms. The first kappa shape index (κ1) is 31.7. The van der Waals surface area contributed by atoms with Gasteiger partial charge in [0.1, 0.15) is 13.2 Å². The summed E-state index contributed by atoms with van der Waals surface area (Å²) in [5, 5.41) is 3.04. The summed E-state index contributed by atoms with van der Waals surface area (Å²) in [5.74, 6) is -1.19. The molecule has 0 aliphatic carbocycles. The van der Waals surface area contributed by atoms with E-state index in [4.69, 9.17) is 44.3 Å². The molecular weight excluding hydrogens is 695 g/mol. The number of halogens is 4. The Hall–Kier alpha value is -3.22. The van der Waals surface area contributed by atoms with Gasteiger partial charge in [0.2, 0.25) is 5.91 Å². The van der Waals surface area contributed by atoms with Crippen LogP contribution in [0.4, 0.5) is 10.5 Å².